The first-order chi connectivity index (χ1) is 13.5. The van der Waals surface area contributed by atoms with Gasteiger partial charge in [-0.05, 0) is 44.4 Å². The Morgan fingerprint density at radius 3 is 2.03 bits per heavy atom. The fourth-order valence-corrected chi connectivity index (χ4v) is 2.53. The number of esters is 1. The predicted octanol–water partition coefficient (Wildman–Crippen LogP) is 2.44. The molecule has 0 fully saturated rings. The lowest BCUT2D eigenvalue weighted by atomic mass is 10.0. The van der Waals surface area contributed by atoms with Gasteiger partial charge in [-0.25, -0.2) is 9.59 Å². The van der Waals surface area contributed by atoms with E-state index < -0.39 is 35.7 Å². The number of hydrogen-bond donors (Lipinski definition) is 2. The molecule has 0 aromatic heterocycles. The Balaban J connectivity index is 3.01. The summed E-state index contributed by atoms with van der Waals surface area (Å²) in [6.45, 7) is 8.79. The van der Waals surface area contributed by atoms with Crippen molar-refractivity contribution in [2.24, 2.45) is 5.92 Å². The van der Waals surface area contributed by atoms with Crippen LogP contribution in [0.1, 0.15) is 40.2 Å². The molecule has 8 heteroatoms. The Labute approximate surface area is 172 Å². The van der Waals surface area contributed by atoms with Crippen molar-refractivity contribution in [3.8, 4) is 5.75 Å². The van der Waals surface area contributed by atoms with Gasteiger partial charge in [-0.2, -0.15) is 0 Å². The van der Waals surface area contributed by atoms with Crippen LogP contribution in [0.5, 0.6) is 5.75 Å². The minimum atomic E-state index is -0.941. The van der Waals surface area contributed by atoms with E-state index in [1.165, 1.54) is 7.11 Å². The number of alkyl carbamates (subject to hydrolysis) is 1. The maximum absolute atomic E-state index is 12.9. The van der Waals surface area contributed by atoms with Gasteiger partial charge in [0.2, 0.25) is 5.91 Å². The van der Waals surface area contributed by atoms with Crippen molar-refractivity contribution < 1.29 is 28.6 Å². The second-order valence-electron chi connectivity index (χ2n) is 8.00. The van der Waals surface area contributed by atoms with E-state index in [2.05, 4.69) is 10.6 Å². The molecule has 29 heavy (non-hydrogen) atoms. The first-order valence-electron chi connectivity index (χ1n) is 9.47. The molecule has 0 bridgehead atoms. The van der Waals surface area contributed by atoms with Gasteiger partial charge >= 0.3 is 12.1 Å². The molecular weight excluding hydrogens is 376 g/mol. The van der Waals surface area contributed by atoms with Gasteiger partial charge in [-0.1, -0.05) is 26.0 Å². The fraction of sp³-hybridized carbons (Fsp3) is 0.571. The molecule has 2 N–H and O–H groups in total. The second-order valence-corrected chi connectivity index (χ2v) is 8.00. The normalized spacial score (nSPS) is 13.2. The lowest BCUT2D eigenvalue weighted by Crippen LogP contribution is -2.54. The van der Waals surface area contributed by atoms with Crippen LogP contribution in [0.15, 0.2) is 24.3 Å². The Bertz CT molecular complexity index is 694. The third kappa shape index (κ3) is 8.41. The highest BCUT2D eigenvalue weighted by molar-refractivity contribution is 5.90. The topological polar surface area (TPSA) is 103 Å². The summed E-state index contributed by atoms with van der Waals surface area (Å²) in [5.41, 5.74) is 0.0960. The number of amides is 2. The van der Waals surface area contributed by atoms with Crippen LogP contribution < -0.4 is 15.4 Å². The Kier molecular flexibility index (Phi) is 8.94. The van der Waals surface area contributed by atoms with Gasteiger partial charge in [0.05, 0.1) is 14.2 Å². The zero-order valence-electron chi connectivity index (χ0n) is 18.2. The number of carbonyl (C=O) groups excluding carboxylic acids is 3. The van der Waals surface area contributed by atoms with Gasteiger partial charge in [0.15, 0.2) is 0 Å². The summed E-state index contributed by atoms with van der Waals surface area (Å²) in [4.78, 5) is 37.1. The number of benzene rings is 1. The molecule has 162 valence electrons. The van der Waals surface area contributed by atoms with Crippen molar-refractivity contribution in [3.05, 3.63) is 29.8 Å². The Morgan fingerprint density at radius 2 is 1.59 bits per heavy atom. The number of rotatable bonds is 8. The van der Waals surface area contributed by atoms with Gasteiger partial charge in [0, 0.05) is 6.42 Å². The van der Waals surface area contributed by atoms with Crippen LogP contribution in [0.25, 0.3) is 0 Å². The van der Waals surface area contributed by atoms with Gasteiger partial charge < -0.3 is 24.8 Å². The molecule has 0 spiro atoms. The quantitative estimate of drug-likeness (QED) is 0.641. The second kappa shape index (κ2) is 10.7. The summed E-state index contributed by atoms with van der Waals surface area (Å²) in [6, 6.07) is 5.37. The average Bonchev–Trinajstić information content (AvgIpc) is 2.63. The summed E-state index contributed by atoms with van der Waals surface area (Å²) in [7, 11) is 2.83. The van der Waals surface area contributed by atoms with E-state index in [9.17, 15) is 14.4 Å². The van der Waals surface area contributed by atoms with Gasteiger partial charge in [-0.15, -0.1) is 0 Å². The smallest absolute Gasteiger partial charge is 0.408 e. The van der Waals surface area contributed by atoms with E-state index in [0.29, 0.717) is 5.75 Å². The van der Waals surface area contributed by atoms with Crippen LogP contribution in [0, 0.1) is 5.92 Å². The van der Waals surface area contributed by atoms with Crippen molar-refractivity contribution >= 4 is 18.0 Å². The van der Waals surface area contributed by atoms with Crippen molar-refractivity contribution in [2.75, 3.05) is 14.2 Å². The Hall–Kier alpha value is -2.77. The van der Waals surface area contributed by atoms with E-state index in [0.717, 1.165) is 5.56 Å². The lowest BCUT2D eigenvalue weighted by molar-refractivity contribution is -0.146. The minimum Gasteiger partial charge on any atom is -0.497 e. The van der Waals surface area contributed by atoms with E-state index >= 15 is 0 Å². The zero-order chi connectivity index (χ0) is 22.2. The minimum absolute atomic E-state index is 0.186. The van der Waals surface area contributed by atoms with Crippen LogP contribution in [-0.4, -0.2) is 49.9 Å². The molecule has 1 aromatic carbocycles. The third-order valence-corrected chi connectivity index (χ3v) is 4.03. The predicted molar refractivity (Wildman–Crippen MR) is 109 cm³/mol. The molecule has 0 heterocycles. The summed E-state index contributed by atoms with van der Waals surface area (Å²) >= 11 is 0. The molecule has 0 radical (unpaired) electrons. The van der Waals surface area contributed by atoms with Crippen molar-refractivity contribution in [1.82, 2.24) is 10.6 Å². The number of methoxy groups -OCH3 is 2. The highest BCUT2D eigenvalue weighted by Crippen LogP contribution is 2.14. The molecule has 2 amide bonds. The summed E-state index contributed by atoms with van der Waals surface area (Å²) in [5, 5.41) is 5.26. The summed E-state index contributed by atoms with van der Waals surface area (Å²) < 4.78 is 15.2. The van der Waals surface area contributed by atoms with Gasteiger partial charge in [0.25, 0.3) is 0 Å². The summed E-state index contributed by atoms with van der Waals surface area (Å²) in [5.74, 6) is -0.556. The van der Waals surface area contributed by atoms with Crippen LogP contribution in [0.4, 0.5) is 4.79 Å². The highest BCUT2D eigenvalue weighted by Gasteiger charge is 2.30. The number of ether oxygens (including phenoxy) is 3. The van der Waals surface area contributed by atoms with E-state index in [4.69, 9.17) is 14.2 Å². The van der Waals surface area contributed by atoms with E-state index in [1.54, 1.807) is 66.0 Å². The van der Waals surface area contributed by atoms with Crippen LogP contribution in [-0.2, 0) is 25.5 Å². The van der Waals surface area contributed by atoms with Crippen molar-refractivity contribution in [1.29, 1.82) is 0 Å². The van der Waals surface area contributed by atoms with E-state index in [-0.39, 0.29) is 12.3 Å². The molecule has 0 aliphatic rings. The standard InChI is InChI=1S/C21H32N2O6/c1-13(2)17(19(25)28-7)23-18(24)16(22-20(26)29-21(3,4)5)12-14-8-10-15(27-6)11-9-14/h8-11,13,16-17H,12H2,1-7H3,(H,22,26)(H,23,24)/t16-,17+/m0/s1. The molecule has 0 saturated carbocycles. The first-order valence-corrected chi connectivity index (χ1v) is 9.47. The number of hydrogen-bond acceptors (Lipinski definition) is 6. The Morgan fingerprint density at radius 1 is 1.00 bits per heavy atom. The van der Waals surface area contributed by atoms with Crippen LogP contribution >= 0.6 is 0 Å². The maximum atomic E-state index is 12.9. The molecule has 1 rings (SSSR count). The SMILES string of the molecule is COC(=O)[C@H](NC(=O)[C@H](Cc1ccc(OC)cc1)NC(=O)OC(C)(C)C)C(C)C. The van der Waals surface area contributed by atoms with Gasteiger partial charge in [0.1, 0.15) is 23.4 Å². The van der Waals surface area contributed by atoms with Crippen molar-refractivity contribution in [3.63, 3.8) is 0 Å². The average molecular weight is 408 g/mol. The first kappa shape index (κ1) is 24.3. The van der Waals surface area contributed by atoms with Crippen LogP contribution in [0.2, 0.25) is 0 Å². The fourth-order valence-electron chi connectivity index (χ4n) is 2.53. The molecule has 0 aliphatic heterocycles. The molecule has 1 aromatic rings. The van der Waals surface area contributed by atoms with Gasteiger partial charge in [-0.3, -0.25) is 4.79 Å². The number of carbonyl (C=O) groups is 3. The summed E-state index contributed by atoms with van der Waals surface area (Å²) in [6.07, 6.45) is -0.508. The van der Waals surface area contributed by atoms with E-state index in [1.807, 2.05) is 0 Å². The monoisotopic (exact) mass is 408 g/mol. The largest absolute Gasteiger partial charge is 0.497 e. The highest BCUT2D eigenvalue weighted by atomic mass is 16.6. The zero-order valence-corrected chi connectivity index (χ0v) is 18.2. The molecule has 0 aliphatic carbocycles. The molecular formula is C21H32N2O6. The third-order valence-electron chi connectivity index (χ3n) is 4.03. The van der Waals surface area contributed by atoms with Crippen molar-refractivity contribution in [2.45, 2.75) is 58.7 Å². The van der Waals surface area contributed by atoms with Crippen LogP contribution in [0.3, 0.4) is 0 Å². The molecule has 0 saturated heterocycles. The lowest BCUT2D eigenvalue weighted by Gasteiger charge is -2.26. The number of nitrogens with one attached hydrogen (secondary N) is 2. The maximum Gasteiger partial charge on any atom is 0.408 e. The molecule has 2 atom stereocenters. The molecule has 8 nitrogen and oxygen atoms in total. The molecule has 0 unspecified atom stereocenters.